The van der Waals surface area contributed by atoms with Crippen LogP contribution in [0.15, 0.2) is 53.9 Å². The van der Waals surface area contributed by atoms with E-state index < -0.39 is 0 Å². The number of nitrogens with zero attached hydrogens (tertiary/aromatic N) is 3. The number of carbonyl (C=O) groups is 1. The summed E-state index contributed by atoms with van der Waals surface area (Å²) in [4.78, 5) is 12.7. The van der Waals surface area contributed by atoms with Crippen molar-refractivity contribution in [2.24, 2.45) is 0 Å². The van der Waals surface area contributed by atoms with Gasteiger partial charge in [-0.2, -0.15) is 0 Å². The van der Waals surface area contributed by atoms with Crippen LogP contribution in [-0.4, -0.2) is 39.1 Å². The minimum absolute atomic E-state index is 0.124. The number of hydrogen-bond donors (Lipinski definition) is 1. The first-order valence-corrected chi connectivity index (χ1v) is 9.83. The molecule has 1 atom stereocenters. The molecular weight excluding hydrogens is 376 g/mol. The van der Waals surface area contributed by atoms with E-state index in [0.717, 1.165) is 11.3 Å². The number of thioether (sulfide) groups is 1. The minimum atomic E-state index is -0.361. The molecule has 2 heterocycles. The molecule has 2 aromatic carbocycles. The van der Waals surface area contributed by atoms with Crippen LogP contribution in [0, 0.1) is 6.92 Å². The normalized spacial score (nSPS) is 13.8. The molecule has 0 saturated carbocycles. The molecule has 0 radical (unpaired) electrons. The molecule has 1 unspecified atom stereocenters. The van der Waals surface area contributed by atoms with Gasteiger partial charge in [0.15, 0.2) is 16.7 Å². The molecule has 1 aliphatic rings. The zero-order valence-corrected chi connectivity index (χ0v) is 16.4. The molecule has 8 heteroatoms. The summed E-state index contributed by atoms with van der Waals surface area (Å²) in [6.45, 7) is 4.91. The number of carbonyl (C=O) groups excluding carboxylic acids is 1. The van der Waals surface area contributed by atoms with Crippen LogP contribution in [0.25, 0.3) is 5.69 Å². The summed E-state index contributed by atoms with van der Waals surface area (Å²) < 4.78 is 13.0. The van der Waals surface area contributed by atoms with E-state index >= 15 is 0 Å². The number of nitrogens with one attached hydrogen (secondary N) is 1. The highest BCUT2D eigenvalue weighted by molar-refractivity contribution is 8.00. The first kappa shape index (κ1) is 18.4. The predicted octanol–water partition coefficient (Wildman–Crippen LogP) is 3.47. The molecular formula is C20H20N4O3S. The van der Waals surface area contributed by atoms with Gasteiger partial charge in [-0.3, -0.25) is 9.36 Å². The smallest absolute Gasteiger partial charge is 0.237 e. The molecule has 1 aromatic heterocycles. The molecule has 144 valence electrons. The van der Waals surface area contributed by atoms with Crippen molar-refractivity contribution in [1.29, 1.82) is 0 Å². The molecule has 7 nitrogen and oxygen atoms in total. The van der Waals surface area contributed by atoms with Gasteiger partial charge in [-0.25, -0.2) is 0 Å². The van der Waals surface area contributed by atoms with Gasteiger partial charge in [0.1, 0.15) is 19.5 Å². The van der Waals surface area contributed by atoms with Crippen LogP contribution in [0.4, 0.5) is 5.69 Å². The minimum Gasteiger partial charge on any atom is -0.486 e. The maximum atomic E-state index is 12.7. The number of benzene rings is 2. The van der Waals surface area contributed by atoms with E-state index in [-0.39, 0.29) is 11.2 Å². The summed E-state index contributed by atoms with van der Waals surface area (Å²) in [5.41, 5.74) is 2.77. The van der Waals surface area contributed by atoms with Crippen molar-refractivity contribution in [3.05, 3.63) is 54.4 Å². The van der Waals surface area contributed by atoms with E-state index in [9.17, 15) is 4.79 Å². The van der Waals surface area contributed by atoms with Gasteiger partial charge in [-0.1, -0.05) is 30.0 Å². The van der Waals surface area contributed by atoms with Crippen LogP contribution in [0.5, 0.6) is 11.5 Å². The fraction of sp³-hybridized carbons (Fsp3) is 0.250. The van der Waals surface area contributed by atoms with E-state index in [0.29, 0.717) is 35.6 Å². The van der Waals surface area contributed by atoms with Crippen molar-refractivity contribution in [1.82, 2.24) is 14.8 Å². The molecule has 28 heavy (non-hydrogen) atoms. The maximum absolute atomic E-state index is 12.7. The Morgan fingerprint density at radius 3 is 2.79 bits per heavy atom. The van der Waals surface area contributed by atoms with E-state index in [2.05, 4.69) is 15.5 Å². The topological polar surface area (TPSA) is 78.3 Å². The second-order valence-corrected chi connectivity index (χ2v) is 7.69. The summed E-state index contributed by atoms with van der Waals surface area (Å²) >= 11 is 1.36. The second-order valence-electron chi connectivity index (χ2n) is 6.38. The molecule has 0 fully saturated rings. The van der Waals surface area contributed by atoms with Gasteiger partial charge < -0.3 is 14.8 Å². The van der Waals surface area contributed by atoms with E-state index in [4.69, 9.17) is 9.47 Å². The van der Waals surface area contributed by atoms with Crippen molar-refractivity contribution in [3.8, 4) is 17.2 Å². The van der Waals surface area contributed by atoms with Gasteiger partial charge in [-0.05, 0) is 37.6 Å². The van der Waals surface area contributed by atoms with E-state index in [1.165, 1.54) is 11.8 Å². The number of rotatable bonds is 5. The van der Waals surface area contributed by atoms with Gasteiger partial charge in [0.25, 0.3) is 0 Å². The zero-order chi connectivity index (χ0) is 19.5. The first-order valence-electron chi connectivity index (χ1n) is 8.95. The van der Waals surface area contributed by atoms with Crippen LogP contribution in [0.3, 0.4) is 0 Å². The molecule has 0 aliphatic carbocycles. The third-order valence-corrected chi connectivity index (χ3v) is 5.41. The molecule has 0 saturated heterocycles. The zero-order valence-electron chi connectivity index (χ0n) is 15.6. The standard InChI is InChI=1S/C20H20N4O3S/c1-13-5-3-4-6-16(13)24-12-21-23-20(24)28-14(2)19(25)22-15-7-8-17-18(11-15)27-10-9-26-17/h3-8,11-12,14H,9-10H2,1-2H3,(H,22,25). The quantitative estimate of drug-likeness (QED) is 0.666. The average Bonchev–Trinajstić information content (AvgIpc) is 3.16. The Hall–Kier alpha value is -3.00. The summed E-state index contributed by atoms with van der Waals surface area (Å²) in [6, 6.07) is 13.4. The van der Waals surface area contributed by atoms with Gasteiger partial charge in [0.2, 0.25) is 5.91 Å². The molecule has 0 bridgehead atoms. The van der Waals surface area contributed by atoms with Crippen molar-refractivity contribution in [2.45, 2.75) is 24.3 Å². The number of ether oxygens (including phenoxy) is 2. The largest absolute Gasteiger partial charge is 0.486 e. The van der Waals surface area contributed by atoms with Crippen LogP contribution in [-0.2, 0) is 4.79 Å². The Morgan fingerprint density at radius 2 is 1.96 bits per heavy atom. The monoisotopic (exact) mass is 396 g/mol. The third kappa shape index (κ3) is 3.82. The third-order valence-electron chi connectivity index (χ3n) is 4.35. The Balaban J connectivity index is 1.46. The number of para-hydroxylation sites is 1. The van der Waals surface area contributed by atoms with E-state index in [1.54, 1.807) is 24.5 Å². The SMILES string of the molecule is Cc1ccccc1-n1cnnc1SC(C)C(=O)Nc1ccc2c(c1)OCCO2. The van der Waals surface area contributed by atoms with Crippen molar-refractivity contribution in [3.63, 3.8) is 0 Å². The second kappa shape index (κ2) is 7.93. The van der Waals surface area contributed by atoms with Crippen molar-refractivity contribution in [2.75, 3.05) is 18.5 Å². The molecule has 0 spiro atoms. The fourth-order valence-corrected chi connectivity index (χ4v) is 3.72. The molecule has 3 aromatic rings. The number of amides is 1. The Kier molecular flexibility index (Phi) is 5.21. The Morgan fingerprint density at radius 1 is 1.18 bits per heavy atom. The van der Waals surface area contributed by atoms with Crippen molar-refractivity contribution >= 4 is 23.4 Å². The lowest BCUT2D eigenvalue weighted by Gasteiger charge is -2.19. The lowest BCUT2D eigenvalue weighted by atomic mass is 10.2. The number of hydrogen-bond acceptors (Lipinski definition) is 6. The summed E-state index contributed by atoms with van der Waals surface area (Å²) in [5, 5.41) is 11.4. The van der Waals surface area contributed by atoms with Crippen LogP contribution < -0.4 is 14.8 Å². The van der Waals surface area contributed by atoms with Gasteiger partial charge >= 0.3 is 0 Å². The van der Waals surface area contributed by atoms with Gasteiger partial charge in [0, 0.05) is 11.8 Å². The molecule has 1 N–H and O–H groups in total. The summed E-state index contributed by atoms with van der Waals surface area (Å²) in [6.07, 6.45) is 1.66. The lowest BCUT2D eigenvalue weighted by molar-refractivity contribution is -0.115. The van der Waals surface area contributed by atoms with Crippen LogP contribution in [0.1, 0.15) is 12.5 Å². The highest BCUT2D eigenvalue weighted by Gasteiger charge is 2.20. The lowest BCUT2D eigenvalue weighted by Crippen LogP contribution is -2.23. The highest BCUT2D eigenvalue weighted by atomic mass is 32.2. The van der Waals surface area contributed by atoms with Crippen LogP contribution in [0.2, 0.25) is 0 Å². The number of aromatic nitrogens is 3. The Labute approximate surface area is 167 Å². The van der Waals surface area contributed by atoms with E-state index in [1.807, 2.05) is 42.7 Å². The maximum Gasteiger partial charge on any atom is 0.237 e. The number of aryl methyl sites for hydroxylation is 1. The fourth-order valence-electron chi connectivity index (χ4n) is 2.88. The average molecular weight is 396 g/mol. The van der Waals surface area contributed by atoms with Crippen molar-refractivity contribution < 1.29 is 14.3 Å². The number of anilines is 1. The number of fused-ring (bicyclic) bond motifs is 1. The first-order chi connectivity index (χ1) is 13.6. The summed E-state index contributed by atoms with van der Waals surface area (Å²) in [7, 11) is 0. The molecule has 1 aliphatic heterocycles. The summed E-state index contributed by atoms with van der Waals surface area (Å²) in [5.74, 6) is 1.21. The highest BCUT2D eigenvalue weighted by Crippen LogP contribution is 2.33. The Bertz CT molecular complexity index is 1000. The van der Waals surface area contributed by atoms with Gasteiger partial charge in [-0.15, -0.1) is 10.2 Å². The molecule has 1 amide bonds. The van der Waals surface area contributed by atoms with Gasteiger partial charge in [0.05, 0.1) is 10.9 Å². The molecule has 4 rings (SSSR count). The predicted molar refractivity (Wildman–Crippen MR) is 107 cm³/mol. The van der Waals surface area contributed by atoms with Crippen LogP contribution >= 0.6 is 11.8 Å².